The van der Waals surface area contributed by atoms with Crippen LogP contribution in [0.25, 0.3) is 0 Å². The Morgan fingerprint density at radius 1 is 1.33 bits per heavy atom. The van der Waals surface area contributed by atoms with Gasteiger partial charge in [-0.1, -0.05) is 27.2 Å². The molecule has 0 saturated carbocycles. The zero-order chi connectivity index (χ0) is 12.1. The maximum atomic E-state index is 11.8. The van der Waals surface area contributed by atoms with Gasteiger partial charge in [0.15, 0.2) is 0 Å². The van der Waals surface area contributed by atoms with Crippen LogP contribution >= 0.6 is 0 Å². The van der Waals surface area contributed by atoms with Crippen molar-refractivity contribution in [1.29, 1.82) is 0 Å². The van der Waals surface area contributed by atoms with E-state index in [1.54, 1.807) is 7.05 Å². The van der Waals surface area contributed by atoms with Crippen molar-refractivity contribution in [2.24, 2.45) is 11.1 Å². The van der Waals surface area contributed by atoms with E-state index in [2.05, 4.69) is 0 Å². The van der Waals surface area contributed by atoms with Gasteiger partial charge < -0.3 is 5.73 Å². The zero-order valence-corrected chi connectivity index (χ0v) is 11.1. The first kappa shape index (κ1) is 14.9. The summed E-state index contributed by atoms with van der Waals surface area (Å²) in [6.45, 7) is 6.90. The van der Waals surface area contributed by atoms with Gasteiger partial charge in [-0.2, -0.15) is 0 Å². The van der Waals surface area contributed by atoms with E-state index in [1.807, 2.05) is 20.8 Å². The molecule has 0 fully saturated rings. The Bertz CT molecular complexity index is 273. The minimum atomic E-state index is -3.09. The zero-order valence-electron chi connectivity index (χ0n) is 10.3. The molecule has 0 bridgehead atoms. The normalized spacial score (nSPS) is 13.5. The summed E-state index contributed by atoms with van der Waals surface area (Å²) in [7, 11) is -1.46. The summed E-state index contributed by atoms with van der Waals surface area (Å²) in [6.07, 6.45) is 1.61. The fraction of sp³-hybridized carbons (Fsp3) is 1.00. The summed E-state index contributed by atoms with van der Waals surface area (Å²) in [5.74, 6) is 0.237. The van der Waals surface area contributed by atoms with E-state index in [9.17, 15) is 8.42 Å². The number of nitrogens with zero attached hydrogens (tertiary/aromatic N) is 1. The lowest BCUT2D eigenvalue weighted by atomic mass is 9.94. The van der Waals surface area contributed by atoms with Gasteiger partial charge in [-0.25, -0.2) is 12.7 Å². The van der Waals surface area contributed by atoms with E-state index in [-0.39, 0.29) is 11.2 Å². The van der Waals surface area contributed by atoms with Crippen LogP contribution in [0.5, 0.6) is 0 Å². The van der Waals surface area contributed by atoms with Gasteiger partial charge in [0.25, 0.3) is 0 Å². The number of unbranched alkanes of at least 4 members (excludes halogenated alkanes) is 1. The van der Waals surface area contributed by atoms with E-state index >= 15 is 0 Å². The predicted octanol–water partition coefficient (Wildman–Crippen LogP) is 1.03. The van der Waals surface area contributed by atoms with Crippen LogP contribution in [0.2, 0.25) is 0 Å². The minimum absolute atomic E-state index is 0.159. The molecule has 0 aliphatic carbocycles. The van der Waals surface area contributed by atoms with Gasteiger partial charge in [0.2, 0.25) is 10.0 Å². The lowest BCUT2D eigenvalue weighted by Gasteiger charge is -2.28. The monoisotopic (exact) mass is 236 g/mol. The third-order valence-electron chi connectivity index (χ3n) is 2.43. The summed E-state index contributed by atoms with van der Waals surface area (Å²) >= 11 is 0. The number of nitrogens with two attached hydrogens (primary N) is 1. The van der Waals surface area contributed by atoms with Crippen LogP contribution in [0.3, 0.4) is 0 Å². The summed E-state index contributed by atoms with van der Waals surface area (Å²) in [6, 6.07) is 0. The Morgan fingerprint density at radius 2 is 1.87 bits per heavy atom. The fourth-order valence-electron chi connectivity index (χ4n) is 1.25. The molecule has 2 N–H and O–H groups in total. The Labute approximate surface area is 93.9 Å². The summed E-state index contributed by atoms with van der Waals surface area (Å²) in [5.41, 5.74) is 5.42. The smallest absolute Gasteiger partial charge is 0.213 e. The van der Waals surface area contributed by atoms with Crippen molar-refractivity contribution >= 4 is 10.0 Å². The molecule has 5 heteroatoms. The second kappa shape index (κ2) is 5.82. The van der Waals surface area contributed by atoms with Crippen LogP contribution in [0, 0.1) is 5.41 Å². The van der Waals surface area contributed by atoms with Crippen LogP contribution in [-0.2, 0) is 10.0 Å². The van der Waals surface area contributed by atoms with Crippen LogP contribution in [0.15, 0.2) is 0 Å². The van der Waals surface area contributed by atoms with Gasteiger partial charge >= 0.3 is 0 Å². The fourth-order valence-corrected chi connectivity index (χ4v) is 2.76. The molecule has 0 aromatic heterocycles. The van der Waals surface area contributed by atoms with Crippen molar-refractivity contribution in [3.05, 3.63) is 0 Å². The largest absolute Gasteiger partial charge is 0.330 e. The molecule has 0 saturated heterocycles. The number of hydrogen-bond donors (Lipinski definition) is 1. The quantitative estimate of drug-likeness (QED) is 0.718. The van der Waals surface area contributed by atoms with E-state index < -0.39 is 10.0 Å². The molecular weight excluding hydrogens is 212 g/mol. The standard InChI is InChI=1S/C10H24N2O2S/c1-5-6-7-15(13,14)12(4)9-10(2,3)8-11/h5-9,11H2,1-4H3. The van der Waals surface area contributed by atoms with Crippen LogP contribution in [0.4, 0.5) is 0 Å². The Morgan fingerprint density at radius 3 is 2.27 bits per heavy atom. The molecule has 15 heavy (non-hydrogen) atoms. The van der Waals surface area contributed by atoms with Crippen molar-refractivity contribution in [3.8, 4) is 0 Å². The summed E-state index contributed by atoms with van der Waals surface area (Å²) in [4.78, 5) is 0. The predicted molar refractivity (Wildman–Crippen MR) is 64.2 cm³/mol. The first-order chi connectivity index (χ1) is 6.75. The van der Waals surface area contributed by atoms with E-state index in [4.69, 9.17) is 5.73 Å². The van der Waals surface area contributed by atoms with Gasteiger partial charge in [0.05, 0.1) is 5.75 Å². The van der Waals surface area contributed by atoms with E-state index in [0.29, 0.717) is 13.1 Å². The van der Waals surface area contributed by atoms with Crippen LogP contribution in [0.1, 0.15) is 33.6 Å². The maximum absolute atomic E-state index is 11.8. The molecule has 0 aliphatic rings. The maximum Gasteiger partial charge on any atom is 0.213 e. The number of hydrogen-bond acceptors (Lipinski definition) is 3. The lowest BCUT2D eigenvalue weighted by molar-refractivity contribution is 0.292. The third kappa shape index (κ3) is 5.49. The van der Waals surface area contributed by atoms with E-state index in [0.717, 1.165) is 12.8 Å². The Kier molecular flexibility index (Phi) is 5.77. The highest BCUT2D eigenvalue weighted by atomic mass is 32.2. The van der Waals surface area contributed by atoms with Gasteiger partial charge in [0, 0.05) is 13.6 Å². The van der Waals surface area contributed by atoms with Crippen LogP contribution in [-0.4, -0.2) is 38.6 Å². The van der Waals surface area contributed by atoms with Gasteiger partial charge in [0.1, 0.15) is 0 Å². The lowest BCUT2D eigenvalue weighted by Crippen LogP contribution is -2.40. The molecule has 0 radical (unpaired) electrons. The first-order valence-electron chi connectivity index (χ1n) is 5.39. The average molecular weight is 236 g/mol. The number of sulfonamides is 1. The number of rotatable bonds is 7. The molecule has 0 spiro atoms. The van der Waals surface area contributed by atoms with Crippen LogP contribution < -0.4 is 5.73 Å². The Hall–Kier alpha value is -0.130. The van der Waals surface area contributed by atoms with Crippen molar-refractivity contribution in [2.75, 3.05) is 25.9 Å². The molecule has 0 aliphatic heterocycles. The van der Waals surface area contributed by atoms with Gasteiger partial charge in [-0.3, -0.25) is 0 Å². The minimum Gasteiger partial charge on any atom is -0.330 e. The van der Waals surface area contributed by atoms with E-state index in [1.165, 1.54) is 4.31 Å². The molecule has 0 aromatic rings. The molecule has 0 amide bonds. The second-order valence-corrected chi connectivity index (χ2v) is 6.99. The van der Waals surface area contributed by atoms with Crippen molar-refractivity contribution in [1.82, 2.24) is 4.31 Å². The first-order valence-corrected chi connectivity index (χ1v) is 7.00. The summed E-state index contributed by atoms with van der Waals surface area (Å²) < 4.78 is 25.0. The summed E-state index contributed by atoms with van der Waals surface area (Å²) in [5, 5.41) is 0. The molecule has 0 rings (SSSR count). The second-order valence-electron chi connectivity index (χ2n) is 4.79. The highest BCUT2D eigenvalue weighted by Gasteiger charge is 2.24. The highest BCUT2D eigenvalue weighted by molar-refractivity contribution is 7.89. The van der Waals surface area contributed by atoms with Gasteiger partial charge in [-0.15, -0.1) is 0 Å². The molecular formula is C10H24N2O2S. The van der Waals surface area contributed by atoms with Gasteiger partial charge in [-0.05, 0) is 18.4 Å². The molecule has 92 valence electrons. The SMILES string of the molecule is CCCCS(=O)(=O)N(C)CC(C)(C)CN. The van der Waals surface area contributed by atoms with Crippen molar-refractivity contribution in [2.45, 2.75) is 33.6 Å². The highest BCUT2D eigenvalue weighted by Crippen LogP contribution is 2.16. The molecule has 0 heterocycles. The molecule has 0 atom stereocenters. The average Bonchev–Trinajstić information content (AvgIpc) is 2.14. The molecule has 0 unspecified atom stereocenters. The third-order valence-corrected chi connectivity index (χ3v) is 4.32. The molecule has 4 nitrogen and oxygen atoms in total. The van der Waals surface area contributed by atoms with Crippen molar-refractivity contribution < 1.29 is 8.42 Å². The Balaban J connectivity index is 4.37. The topological polar surface area (TPSA) is 63.4 Å². The van der Waals surface area contributed by atoms with Crippen molar-refractivity contribution in [3.63, 3.8) is 0 Å². The molecule has 0 aromatic carbocycles.